The maximum atomic E-state index is 12.2. The van der Waals surface area contributed by atoms with Crippen LogP contribution >= 0.6 is 0 Å². The first kappa shape index (κ1) is 15.5. The number of hydrogen-bond donors (Lipinski definition) is 2. The number of amides is 1. The summed E-state index contributed by atoms with van der Waals surface area (Å²) in [5, 5.41) is 16.1. The molecule has 0 spiro atoms. The molecule has 0 bridgehead atoms. The van der Waals surface area contributed by atoms with E-state index in [9.17, 15) is 14.7 Å². The predicted octanol–water partition coefficient (Wildman–Crippen LogP) is 2.61. The minimum absolute atomic E-state index is 0.0181. The zero-order chi connectivity index (χ0) is 15.5. The Balaban J connectivity index is 2.02. The number of aromatic nitrogens is 2. The lowest BCUT2D eigenvalue weighted by Crippen LogP contribution is -2.35. The van der Waals surface area contributed by atoms with Crippen LogP contribution in [-0.4, -0.2) is 26.8 Å². The Morgan fingerprint density at radius 3 is 2.48 bits per heavy atom. The molecule has 0 radical (unpaired) electrons. The summed E-state index contributed by atoms with van der Waals surface area (Å²) in [5.41, 5.74) is -0.579. The quantitative estimate of drug-likeness (QED) is 0.836. The molecular weight excluding hydrogens is 270 g/mol. The van der Waals surface area contributed by atoms with Gasteiger partial charge in [0.15, 0.2) is 5.54 Å². The SMILES string of the molecule is CC(C)(C(=O)O)n1cc(NC(=O)C2CCCCCC2)cn1. The van der Waals surface area contributed by atoms with E-state index in [1.54, 1.807) is 20.0 Å². The van der Waals surface area contributed by atoms with Crippen molar-refractivity contribution in [2.24, 2.45) is 5.92 Å². The van der Waals surface area contributed by atoms with E-state index in [4.69, 9.17) is 0 Å². The lowest BCUT2D eigenvalue weighted by molar-refractivity contribution is -0.146. The summed E-state index contributed by atoms with van der Waals surface area (Å²) < 4.78 is 1.36. The predicted molar refractivity (Wildman–Crippen MR) is 79.0 cm³/mol. The van der Waals surface area contributed by atoms with Crippen molar-refractivity contribution in [3.8, 4) is 0 Å². The number of carboxylic acid groups (broad SMARTS) is 1. The summed E-state index contributed by atoms with van der Waals surface area (Å²) in [5.74, 6) is -0.889. The van der Waals surface area contributed by atoms with Crippen molar-refractivity contribution in [1.82, 2.24) is 9.78 Å². The van der Waals surface area contributed by atoms with E-state index in [2.05, 4.69) is 10.4 Å². The summed E-state index contributed by atoms with van der Waals surface area (Å²) in [7, 11) is 0. The van der Waals surface area contributed by atoms with Crippen LogP contribution in [0, 0.1) is 5.92 Å². The van der Waals surface area contributed by atoms with Gasteiger partial charge in [-0.15, -0.1) is 0 Å². The van der Waals surface area contributed by atoms with Crippen molar-refractivity contribution >= 4 is 17.6 Å². The van der Waals surface area contributed by atoms with Crippen molar-refractivity contribution in [3.63, 3.8) is 0 Å². The molecule has 1 aliphatic carbocycles. The van der Waals surface area contributed by atoms with Gasteiger partial charge in [-0.25, -0.2) is 4.79 Å². The molecule has 0 atom stereocenters. The zero-order valence-corrected chi connectivity index (χ0v) is 12.6. The number of carboxylic acids is 1. The maximum absolute atomic E-state index is 12.2. The molecule has 1 aromatic rings. The highest BCUT2D eigenvalue weighted by Crippen LogP contribution is 2.24. The van der Waals surface area contributed by atoms with Crippen LogP contribution in [0.1, 0.15) is 52.4 Å². The lowest BCUT2D eigenvalue weighted by atomic mass is 9.99. The second kappa shape index (κ2) is 6.28. The number of anilines is 1. The molecule has 1 heterocycles. The fourth-order valence-electron chi connectivity index (χ4n) is 2.58. The molecule has 2 N–H and O–H groups in total. The third-order valence-corrected chi connectivity index (χ3v) is 4.17. The minimum Gasteiger partial charge on any atom is -0.479 e. The first-order valence-corrected chi connectivity index (χ1v) is 7.50. The summed E-state index contributed by atoms with van der Waals surface area (Å²) in [4.78, 5) is 23.4. The van der Waals surface area contributed by atoms with Crippen LogP contribution in [0.2, 0.25) is 0 Å². The second-order valence-electron chi connectivity index (χ2n) is 6.22. The highest BCUT2D eigenvalue weighted by Gasteiger charge is 2.30. The van der Waals surface area contributed by atoms with E-state index >= 15 is 0 Å². The second-order valence-corrected chi connectivity index (χ2v) is 6.22. The van der Waals surface area contributed by atoms with Crippen molar-refractivity contribution in [3.05, 3.63) is 12.4 Å². The zero-order valence-electron chi connectivity index (χ0n) is 12.6. The number of aliphatic carboxylic acids is 1. The monoisotopic (exact) mass is 293 g/mol. The standard InChI is InChI=1S/C15H23N3O3/c1-15(2,14(20)21)18-10-12(9-16-18)17-13(19)11-7-5-3-4-6-8-11/h9-11H,3-8H2,1-2H3,(H,17,19)(H,20,21). The van der Waals surface area contributed by atoms with Gasteiger partial charge in [0.25, 0.3) is 0 Å². The third kappa shape index (κ3) is 3.62. The van der Waals surface area contributed by atoms with Gasteiger partial charge in [0.2, 0.25) is 5.91 Å². The summed E-state index contributed by atoms with van der Waals surface area (Å²) in [6, 6.07) is 0. The minimum atomic E-state index is -1.13. The normalized spacial score (nSPS) is 17.2. The first-order valence-electron chi connectivity index (χ1n) is 7.50. The van der Waals surface area contributed by atoms with Gasteiger partial charge in [-0.2, -0.15) is 5.10 Å². The first-order chi connectivity index (χ1) is 9.91. The van der Waals surface area contributed by atoms with E-state index in [1.807, 2.05) is 0 Å². The van der Waals surface area contributed by atoms with Crippen LogP contribution in [-0.2, 0) is 15.1 Å². The van der Waals surface area contributed by atoms with Crippen molar-refractivity contribution in [1.29, 1.82) is 0 Å². The Morgan fingerprint density at radius 1 is 1.29 bits per heavy atom. The Morgan fingerprint density at radius 2 is 1.90 bits per heavy atom. The Kier molecular flexibility index (Phi) is 4.65. The van der Waals surface area contributed by atoms with E-state index < -0.39 is 11.5 Å². The maximum Gasteiger partial charge on any atom is 0.331 e. The summed E-state index contributed by atoms with van der Waals surface area (Å²) in [6.07, 6.45) is 9.54. The van der Waals surface area contributed by atoms with Crippen LogP contribution in [0.3, 0.4) is 0 Å². The van der Waals surface area contributed by atoms with E-state index in [0.29, 0.717) is 5.69 Å². The van der Waals surface area contributed by atoms with E-state index in [0.717, 1.165) is 25.7 Å². The number of nitrogens with one attached hydrogen (secondary N) is 1. The largest absolute Gasteiger partial charge is 0.479 e. The van der Waals surface area contributed by atoms with Crippen LogP contribution < -0.4 is 5.32 Å². The van der Waals surface area contributed by atoms with E-state index in [1.165, 1.54) is 23.7 Å². The van der Waals surface area contributed by atoms with Gasteiger partial charge in [-0.3, -0.25) is 9.48 Å². The van der Waals surface area contributed by atoms with Gasteiger partial charge in [0.05, 0.1) is 11.9 Å². The van der Waals surface area contributed by atoms with Crippen molar-refractivity contribution in [2.75, 3.05) is 5.32 Å². The molecule has 1 saturated carbocycles. The Labute approximate surface area is 124 Å². The molecule has 2 rings (SSSR count). The molecule has 0 aliphatic heterocycles. The Bertz CT molecular complexity index is 514. The molecule has 1 aliphatic rings. The van der Waals surface area contributed by atoms with Crippen LogP contribution in [0.4, 0.5) is 5.69 Å². The molecule has 6 heteroatoms. The van der Waals surface area contributed by atoms with Crippen LogP contribution in [0.15, 0.2) is 12.4 Å². The van der Waals surface area contributed by atoms with Crippen molar-refractivity contribution in [2.45, 2.75) is 57.9 Å². The van der Waals surface area contributed by atoms with Crippen molar-refractivity contribution < 1.29 is 14.7 Å². The fraction of sp³-hybridized carbons (Fsp3) is 0.667. The molecule has 1 fully saturated rings. The fourth-order valence-corrected chi connectivity index (χ4v) is 2.58. The molecule has 0 unspecified atom stereocenters. The van der Waals surface area contributed by atoms with Gasteiger partial charge in [-0.1, -0.05) is 25.7 Å². The molecule has 0 saturated heterocycles. The molecule has 6 nitrogen and oxygen atoms in total. The number of hydrogen-bond acceptors (Lipinski definition) is 3. The number of rotatable bonds is 4. The topological polar surface area (TPSA) is 84.2 Å². The number of nitrogens with zero attached hydrogens (tertiary/aromatic N) is 2. The molecule has 1 aromatic heterocycles. The van der Waals surface area contributed by atoms with Crippen LogP contribution in [0.25, 0.3) is 0 Å². The van der Waals surface area contributed by atoms with Gasteiger partial charge >= 0.3 is 5.97 Å². The molecular formula is C15H23N3O3. The van der Waals surface area contributed by atoms with Gasteiger partial charge in [-0.05, 0) is 26.7 Å². The highest BCUT2D eigenvalue weighted by molar-refractivity contribution is 5.92. The third-order valence-electron chi connectivity index (χ3n) is 4.17. The molecule has 0 aromatic carbocycles. The average Bonchev–Trinajstić information content (AvgIpc) is 2.73. The van der Waals surface area contributed by atoms with Gasteiger partial charge in [0, 0.05) is 12.1 Å². The van der Waals surface area contributed by atoms with Gasteiger partial charge < -0.3 is 10.4 Å². The lowest BCUT2D eigenvalue weighted by Gasteiger charge is -2.19. The van der Waals surface area contributed by atoms with Crippen LogP contribution in [0.5, 0.6) is 0 Å². The molecule has 1 amide bonds. The highest BCUT2D eigenvalue weighted by atomic mass is 16.4. The number of carbonyl (C=O) groups excluding carboxylic acids is 1. The average molecular weight is 293 g/mol. The Hall–Kier alpha value is -1.85. The molecule has 21 heavy (non-hydrogen) atoms. The van der Waals surface area contributed by atoms with E-state index in [-0.39, 0.29) is 11.8 Å². The smallest absolute Gasteiger partial charge is 0.331 e. The molecule has 116 valence electrons. The number of carbonyl (C=O) groups is 2. The summed E-state index contributed by atoms with van der Waals surface area (Å²) in [6.45, 7) is 3.14. The van der Waals surface area contributed by atoms with Gasteiger partial charge in [0.1, 0.15) is 0 Å². The summed E-state index contributed by atoms with van der Waals surface area (Å²) >= 11 is 0.